The Morgan fingerprint density at radius 3 is 2.30 bits per heavy atom. The van der Waals surface area contributed by atoms with Crippen molar-refractivity contribution in [2.24, 2.45) is 0 Å². The first-order chi connectivity index (χ1) is 12.9. The minimum absolute atomic E-state index is 0.0394. The van der Waals surface area contributed by atoms with Gasteiger partial charge >= 0.3 is 0 Å². The molecule has 3 rings (SSSR count). The van der Waals surface area contributed by atoms with E-state index in [0.29, 0.717) is 11.3 Å². The maximum Gasteiger partial charge on any atom is 0.274 e. The zero-order chi connectivity index (χ0) is 19.4. The Kier molecular flexibility index (Phi) is 5.16. The van der Waals surface area contributed by atoms with E-state index in [2.05, 4.69) is 20.6 Å². The van der Waals surface area contributed by atoms with Gasteiger partial charge in [-0.25, -0.2) is 18.7 Å². The van der Waals surface area contributed by atoms with Crippen LogP contribution in [-0.4, -0.2) is 21.7 Å². The van der Waals surface area contributed by atoms with E-state index in [0.717, 1.165) is 12.1 Å². The summed E-state index contributed by atoms with van der Waals surface area (Å²) < 4.78 is 26.2. The molecule has 0 fully saturated rings. The van der Waals surface area contributed by atoms with Crippen LogP contribution in [0.5, 0.6) is 0 Å². The van der Waals surface area contributed by atoms with Crippen molar-refractivity contribution in [3.05, 3.63) is 77.6 Å². The molecule has 0 radical (unpaired) electrons. The van der Waals surface area contributed by atoms with E-state index < -0.39 is 17.5 Å². The van der Waals surface area contributed by atoms with Gasteiger partial charge in [-0.2, -0.15) is 0 Å². The molecule has 2 N–H and O–H groups in total. The van der Waals surface area contributed by atoms with Gasteiger partial charge < -0.3 is 10.6 Å². The Balaban J connectivity index is 1.73. The summed E-state index contributed by atoms with van der Waals surface area (Å²) in [4.78, 5) is 31.7. The normalized spacial score (nSPS) is 10.3. The number of benzene rings is 2. The van der Waals surface area contributed by atoms with Gasteiger partial charge in [0.15, 0.2) is 17.4 Å². The molecule has 0 aliphatic heterocycles. The van der Waals surface area contributed by atoms with Crippen LogP contribution in [0, 0.1) is 11.6 Å². The second kappa shape index (κ2) is 7.69. The van der Waals surface area contributed by atoms with E-state index in [1.165, 1.54) is 25.3 Å². The van der Waals surface area contributed by atoms with Gasteiger partial charge in [-0.1, -0.05) is 0 Å². The highest BCUT2D eigenvalue weighted by atomic mass is 19.2. The van der Waals surface area contributed by atoms with Crippen LogP contribution in [0.4, 0.5) is 26.1 Å². The van der Waals surface area contributed by atoms with Crippen LogP contribution in [0.1, 0.15) is 27.8 Å². The summed E-state index contributed by atoms with van der Waals surface area (Å²) in [5, 5.41) is 5.36. The van der Waals surface area contributed by atoms with E-state index in [1.54, 1.807) is 24.3 Å². The van der Waals surface area contributed by atoms with Crippen LogP contribution >= 0.6 is 0 Å². The molecule has 6 nitrogen and oxygen atoms in total. The number of rotatable bonds is 5. The van der Waals surface area contributed by atoms with Crippen molar-refractivity contribution in [3.63, 3.8) is 0 Å². The summed E-state index contributed by atoms with van der Waals surface area (Å²) >= 11 is 0. The third-order valence-electron chi connectivity index (χ3n) is 3.61. The number of amides is 1. The van der Waals surface area contributed by atoms with Crippen LogP contribution in [0.3, 0.4) is 0 Å². The Morgan fingerprint density at radius 1 is 0.926 bits per heavy atom. The predicted octanol–water partition coefficient (Wildman–Crippen LogP) is 3.95. The molecular weight excluding hydrogens is 354 g/mol. The standard InChI is InChI=1S/C19H14F2N4O2/c1-11(26)12-2-4-13(5-3-12)24-19-22-9-8-17(25-19)18(27)23-14-6-7-15(20)16(21)10-14/h2-10H,1H3,(H,23,27)(H,22,24,25). The van der Waals surface area contributed by atoms with Gasteiger partial charge in [0.2, 0.25) is 5.95 Å². The Morgan fingerprint density at radius 2 is 1.63 bits per heavy atom. The number of carbonyl (C=O) groups excluding carboxylic acids is 2. The summed E-state index contributed by atoms with van der Waals surface area (Å²) in [5.74, 6) is -2.54. The van der Waals surface area contributed by atoms with Gasteiger partial charge in [-0.05, 0) is 49.4 Å². The number of ketones is 1. The van der Waals surface area contributed by atoms with Crippen molar-refractivity contribution in [1.82, 2.24) is 9.97 Å². The van der Waals surface area contributed by atoms with E-state index in [1.807, 2.05) is 0 Å². The number of nitrogens with one attached hydrogen (secondary N) is 2. The molecule has 0 saturated heterocycles. The SMILES string of the molecule is CC(=O)c1ccc(Nc2nccc(C(=O)Nc3ccc(F)c(F)c3)n2)cc1. The molecule has 3 aromatic rings. The smallest absolute Gasteiger partial charge is 0.274 e. The van der Waals surface area contributed by atoms with Crippen LogP contribution in [0.15, 0.2) is 54.7 Å². The minimum Gasteiger partial charge on any atom is -0.324 e. The molecule has 136 valence electrons. The molecule has 0 saturated carbocycles. The van der Waals surface area contributed by atoms with Gasteiger partial charge in [-0.3, -0.25) is 9.59 Å². The molecule has 0 aliphatic carbocycles. The van der Waals surface area contributed by atoms with E-state index in [9.17, 15) is 18.4 Å². The molecule has 0 spiro atoms. The predicted molar refractivity (Wildman–Crippen MR) is 96.1 cm³/mol. The maximum atomic E-state index is 13.2. The molecule has 0 unspecified atom stereocenters. The summed E-state index contributed by atoms with van der Waals surface area (Å²) in [6.07, 6.45) is 1.39. The number of halogens is 2. The zero-order valence-electron chi connectivity index (χ0n) is 14.2. The molecule has 27 heavy (non-hydrogen) atoms. The van der Waals surface area contributed by atoms with Crippen LogP contribution in [-0.2, 0) is 0 Å². The zero-order valence-corrected chi connectivity index (χ0v) is 14.2. The fourth-order valence-corrected chi connectivity index (χ4v) is 2.23. The molecule has 8 heteroatoms. The largest absolute Gasteiger partial charge is 0.324 e. The Hall–Kier alpha value is -3.68. The van der Waals surface area contributed by atoms with E-state index in [-0.39, 0.29) is 23.1 Å². The molecule has 2 aromatic carbocycles. The molecule has 0 aliphatic rings. The van der Waals surface area contributed by atoms with Crippen molar-refractivity contribution in [3.8, 4) is 0 Å². The Bertz CT molecular complexity index is 1010. The van der Waals surface area contributed by atoms with Crippen molar-refractivity contribution >= 4 is 29.0 Å². The molecule has 1 amide bonds. The lowest BCUT2D eigenvalue weighted by molar-refractivity contribution is 0.101. The lowest BCUT2D eigenvalue weighted by Gasteiger charge is -2.08. The van der Waals surface area contributed by atoms with Gasteiger partial charge in [-0.15, -0.1) is 0 Å². The van der Waals surface area contributed by atoms with Crippen molar-refractivity contribution in [1.29, 1.82) is 0 Å². The lowest BCUT2D eigenvalue weighted by atomic mass is 10.1. The average Bonchev–Trinajstić information content (AvgIpc) is 2.65. The second-order valence-corrected chi connectivity index (χ2v) is 5.61. The number of hydrogen-bond donors (Lipinski definition) is 2. The molecule has 0 atom stereocenters. The highest BCUT2D eigenvalue weighted by Crippen LogP contribution is 2.16. The van der Waals surface area contributed by atoms with Crippen molar-refractivity contribution in [2.45, 2.75) is 6.92 Å². The molecule has 1 heterocycles. The number of hydrogen-bond acceptors (Lipinski definition) is 5. The van der Waals surface area contributed by atoms with Crippen LogP contribution in [0.25, 0.3) is 0 Å². The number of nitrogens with zero attached hydrogens (tertiary/aromatic N) is 2. The van der Waals surface area contributed by atoms with Gasteiger partial charge in [0.25, 0.3) is 5.91 Å². The highest BCUT2D eigenvalue weighted by Gasteiger charge is 2.11. The monoisotopic (exact) mass is 368 g/mol. The fraction of sp³-hybridized carbons (Fsp3) is 0.0526. The molecule has 1 aromatic heterocycles. The second-order valence-electron chi connectivity index (χ2n) is 5.61. The lowest BCUT2D eigenvalue weighted by Crippen LogP contribution is -2.15. The molecular formula is C19H14F2N4O2. The van der Waals surface area contributed by atoms with Gasteiger partial charge in [0, 0.05) is 29.2 Å². The van der Waals surface area contributed by atoms with Gasteiger partial charge in [0.1, 0.15) is 5.69 Å². The molecule has 0 bridgehead atoms. The fourth-order valence-electron chi connectivity index (χ4n) is 2.23. The first-order valence-corrected chi connectivity index (χ1v) is 7.90. The first kappa shape index (κ1) is 18.1. The summed E-state index contributed by atoms with van der Waals surface area (Å²) in [5.41, 5.74) is 1.35. The summed E-state index contributed by atoms with van der Waals surface area (Å²) in [7, 11) is 0. The van der Waals surface area contributed by atoms with Crippen LogP contribution < -0.4 is 10.6 Å². The van der Waals surface area contributed by atoms with Crippen molar-refractivity contribution < 1.29 is 18.4 Å². The highest BCUT2D eigenvalue weighted by molar-refractivity contribution is 6.03. The third-order valence-corrected chi connectivity index (χ3v) is 3.61. The van der Waals surface area contributed by atoms with Crippen LogP contribution in [0.2, 0.25) is 0 Å². The minimum atomic E-state index is -1.06. The number of anilines is 3. The number of Topliss-reactive ketones (excluding diaryl/α,β-unsaturated/α-hetero) is 1. The van der Waals surface area contributed by atoms with E-state index >= 15 is 0 Å². The topological polar surface area (TPSA) is 84.0 Å². The van der Waals surface area contributed by atoms with Gasteiger partial charge in [0.05, 0.1) is 0 Å². The third kappa shape index (κ3) is 4.49. The number of aromatic nitrogens is 2. The first-order valence-electron chi connectivity index (χ1n) is 7.90. The quantitative estimate of drug-likeness (QED) is 0.666. The van der Waals surface area contributed by atoms with Crippen molar-refractivity contribution in [2.75, 3.05) is 10.6 Å². The average molecular weight is 368 g/mol. The number of carbonyl (C=O) groups is 2. The maximum absolute atomic E-state index is 13.2. The summed E-state index contributed by atoms with van der Waals surface area (Å²) in [6.45, 7) is 1.47. The Labute approximate surface area is 153 Å². The van der Waals surface area contributed by atoms with E-state index in [4.69, 9.17) is 0 Å². The summed E-state index contributed by atoms with van der Waals surface area (Å²) in [6, 6.07) is 11.1.